The fourth-order valence-corrected chi connectivity index (χ4v) is 8.26. The zero-order valence-electron chi connectivity index (χ0n) is 18.7. The minimum Gasteiger partial charge on any atom is -0.350 e. The van der Waals surface area contributed by atoms with Crippen LogP contribution in [-0.4, -0.2) is 38.9 Å². The molecule has 2 amide bonds. The summed E-state index contributed by atoms with van der Waals surface area (Å²) in [7, 11) is -3.59. The van der Waals surface area contributed by atoms with Crippen molar-refractivity contribution in [3.05, 3.63) is 46.8 Å². The van der Waals surface area contributed by atoms with Gasteiger partial charge in [0, 0.05) is 28.3 Å². The number of amides is 2. The molecule has 1 unspecified atom stereocenters. The first-order valence-corrected chi connectivity index (χ1v) is 13.8. The van der Waals surface area contributed by atoms with Gasteiger partial charge in [-0.2, -0.15) is 0 Å². The number of carbonyl (C=O) groups is 2. The fourth-order valence-electron chi connectivity index (χ4n) is 4.48. The SMILES string of the molecule is NNC(=O)c1cccc(-c2ccc([C@@]3(CC(=O)NOC4CCCCO4)CCCCS3(=O)=O)s2)c1. The van der Waals surface area contributed by atoms with Crippen LogP contribution in [0.2, 0.25) is 0 Å². The molecule has 11 heteroatoms. The summed E-state index contributed by atoms with van der Waals surface area (Å²) < 4.78 is 30.9. The molecule has 4 rings (SSSR count). The van der Waals surface area contributed by atoms with Crippen molar-refractivity contribution >= 4 is 33.0 Å². The van der Waals surface area contributed by atoms with E-state index >= 15 is 0 Å². The zero-order valence-corrected chi connectivity index (χ0v) is 20.4. The maximum absolute atomic E-state index is 13.4. The van der Waals surface area contributed by atoms with Gasteiger partial charge in [-0.3, -0.25) is 15.0 Å². The molecule has 0 bridgehead atoms. The minimum absolute atomic E-state index is 0.0340. The number of hydrazine groups is 1. The molecule has 2 aliphatic rings. The van der Waals surface area contributed by atoms with Crippen molar-refractivity contribution in [3.63, 3.8) is 0 Å². The second kappa shape index (κ2) is 10.5. The summed E-state index contributed by atoms with van der Waals surface area (Å²) in [5.41, 5.74) is 5.69. The molecule has 0 radical (unpaired) electrons. The first-order valence-electron chi connectivity index (χ1n) is 11.3. The summed E-state index contributed by atoms with van der Waals surface area (Å²) in [5.74, 6) is 4.37. The van der Waals surface area contributed by atoms with Crippen molar-refractivity contribution in [1.82, 2.24) is 10.9 Å². The van der Waals surface area contributed by atoms with Crippen LogP contribution < -0.4 is 16.7 Å². The van der Waals surface area contributed by atoms with Crippen LogP contribution in [0, 0.1) is 0 Å². The van der Waals surface area contributed by atoms with Crippen LogP contribution in [0.15, 0.2) is 36.4 Å². The van der Waals surface area contributed by atoms with Crippen LogP contribution in [0.25, 0.3) is 10.4 Å². The number of hydrogen-bond acceptors (Lipinski definition) is 8. The smallest absolute Gasteiger partial charge is 0.265 e. The predicted molar refractivity (Wildman–Crippen MR) is 128 cm³/mol. The second-order valence-electron chi connectivity index (χ2n) is 8.60. The van der Waals surface area contributed by atoms with E-state index in [1.807, 2.05) is 12.1 Å². The summed E-state index contributed by atoms with van der Waals surface area (Å²) in [5, 5.41) is 0. The van der Waals surface area contributed by atoms with E-state index in [0.717, 1.165) is 23.3 Å². The number of carbonyl (C=O) groups excluding carboxylic acids is 2. The van der Waals surface area contributed by atoms with Crippen molar-refractivity contribution in [2.75, 3.05) is 12.4 Å². The Hall–Kier alpha value is -2.31. The quantitative estimate of drug-likeness (QED) is 0.298. The second-order valence-corrected chi connectivity index (χ2v) is 12.1. The molecule has 184 valence electrons. The Morgan fingerprint density at radius 3 is 2.76 bits per heavy atom. The highest BCUT2D eigenvalue weighted by Gasteiger charge is 2.49. The summed E-state index contributed by atoms with van der Waals surface area (Å²) >= 11 is 1.32. The van der Waals surface area contributed by atoms with E-state index in [1.54, 1.807) is 24.3 Å². The van der Waals surface area contributed by atoms with Gasteiger partial charge < -0.3 is 4.74 Å². The average Bonchev–Trinajstić information content (AvgIpc) is 3.35. The van der Waals surface area contributed by atoms with Crippen molar-refractivity contribution in [2.24, 2.45) is 5.84 Å². The number of benzene rings is 1. The summed E-state index contributed by atoms with van der Waals surface area (Å²) in [4.78, 5) is 31.6. The lowest BCUT2D eigenvalue weighted by Gasteiger charge is -2.35. The standard InChI is InChI=1S/C23H29N3O6S2/c24-25-22(28)17-7-5-6-16(14-17)18-9-10-19(33-18)23(11-2-4-13-34(23,29)30)15-20(27)26-32-21-8-1-3-12-31-21/h5-7,9-10,14,21H,1-4,8,11-13,15,24H2,(H,25,28)(H,26,27)/t21?,23-/m0/s1. The Kier molecular flexibility index (Phi) is 7.68. The normalized spacial score (nSPS) is 24.3. The number of thiophene rings is 1. The van der Waals surface area contributed by atoms with Crippen molar-refractivity contribution < 1.29 is 27.6 Å². The van der Waals surface area contributed by atoms with Crippen molar-refractivity contribution in [1.29, 1.82) is 0 Å². The Morgan fingerprint density at radius 2 is 2.03 bits per heavy atom. The average molecular weight is 508 g/mol. The van der Waals surface area contributed by atoms with Crippen LogP contribution in [0.1, 0.15) is 60.2 Å². The Balaban J connectivity index is 1.59. The van der Waals surface area contributed by atoms with Gasteiger partial charge in [0.2, 0.25) is 5.91 Å². The Labute approximate surface area is 202 Å². The molecule has 9 nitrogen and oxygen atoms in total. The highest BCUT2D eigenvalue weighted by atomic mass is 32.2. The minimum atomic E-state index is -3.59. The monoisotopic (exact) mass is 507 g/mol. The van der Waals surface area contributed by atoms with Gasteiger partial charge in [0.25, 0.3) is 5.91 Å². The molecular formula is C23H29N3O6S2. The van der Waals surface area contributed by atoms with E-state index < -0.39 is 32.7 Å². The summed E-state index contributed by atoms with van der Waals surface area (Å²) in [6.07, 6.45) is 3.49. The topological polar surface area (TPSA) is 137 Å². The van der Waals surface area contributed by atoms with Gasteiger partial charge in [-0.15, -0.1) is 11.3 Å². The maximum Gasteiger partial charge on any atom is 0.265 e. The molecule has 0 saturated carbocycles. The van der Waals surface area contributed by atoms with Gasteiger partial charge in [-0.05, 0) is 55.5 Å². The molecule has 2 aliphatic heterocycles. The number of hydrogen-bond donors (Lipinski definition) is 3. The molecule has 3 heterocycles. The third-order valence-electron chi connectivity index (χ3n) is 6.32. The van der Waals surface area contributed by atoms with E-state index in [9.17, 15) is 18.0 Å². The van der Waals surface area contributed by atoms with Gasteiger partial charge in [-0.25, -0.2) is 24.6 Å². The molecule has 34 heavy (non-hydrogen) atoms. The van der Waals surface area contributed by atoms with Crippen LogP contribution >= 0.6 is 11.3 Å². The van der Waals surface area contributed by atoms with Crippen molar-refractivity contribution in [2.45, 2.75) is 56.0 Å². The van der Waals surface area contributed by atoms with Gasteiger partial charge >= 0.3 is 0 Å². The number of sulfone groups is 1. The molecule has 4 N–H and O–H groups in total. The first-order chi connectivity index (χ1) is 16.3. The molecule has 0 spiro atoms. The molecule has 1 aromatic carbocycles. The number of nitrogens with two attached hydrogens (primary N) is 1. The third kappa shape index (κ3) is 5.18. The van der Waals surface area contributed by atoms with Gasteiger partial charge in [0.05, 0.1) is 12.2 Å². The van der Waals surface area contributed by atoms with E-state index in [1.165, 1.54) is 11.3 Å². The summed E-state index contributed by atoms with van der Waals surface area (Å²) in [6.45, 7) is 0.574. The molecular weight excluding hydrogens is 478 g/mol. The van der Waals surface area contributed by atoms with E-state index in [-0.39, 0.29) is 12.2 Å². The molecule has 1 aromatic heterocycles. The number of nitrogen functional groups attached to an aromatic ring is 1. The lowest BCUT2D eigenvalue weighted by molar-refractivity contribution is -0.200. The van der Waals surface area contributed by atoms with Crippen LogP contribution in [0.3, 0.4) is 0 Å². The largest absolute Gasteiger partial charge is 0.350 e. The van der Waals surface area contributed by atoms with Crippen LogP contribution in [0.4, 0.5) is 0 Å². The van der Waals surface area contributed by atoms with E-state index in [0.29, 0.717) is 42.7 Å². The molecule has 0 aliphatic carbocycles. The van der Waals surface area contributed by atoms with Crippen LogP contribution in [0.5, 0.6) is 0 Å². The number of ether oxygens (including phenoxy) is 1. The summed E-state index contributed by atoms with van der Waals surface area (Å²) in [6, 6.07) is 10.5. The van der Waals surface area contributed by atoms with Crippen molar-refractivity contribution in [3.8, 4) is 10.4 Å². The third-order valence-corrected chi connectivity index (χ3v) is 10.4. The van der Waals surface area contributed by atoms with Gasteiger partial charge in [-0.1, -0.05) is 18.6 Å². The Bertz CT molecular complexity index is 1140. The molecule has 2 fully saturated rings. The van der Waals surface area contributed by atoms with E-state index in [4.69, 9.17) is 15.4 Å². The lowest BCUT2D eigenvalue weighted by Crippen LogP contribution is -2.45. The zero-order chi connectivity index (χ0) is 24.2. The highest BCUT2D eigenvalue weighted by Crippen LogP contribution is 2.47. The fraction of sp³-hybridized carbons (Fsp3) is 0.478. The number of hydroxylamine groups is 1. The molecule has 2 aromatic rings. The van der Waals surface area contributed by atoms with Crippen LogP contribution in [-0.2, 0) is 29.0 Å². The molecule has 2 atom stereocenters. The molecule has 2 saturated heterocycles. The van der Waals surface area contributed by atoms with Gasteiger partial charge in [0.15, 0.2) is 16.1 Å². The predicted octanol–water partition coefficient (Wildman–Crippen LogP) is 2.78. The van der Waals surface area contributed by atoms with Gasteiger partial charge in [0.1, 0.15) is 4.75 Å². The lowest BCUT2D eigenvalue weighted by atomic mass is 9.94. The first kappa shape index (κ1) is 24.8. The highest BCUT2D eigenvalue weighted by molar-refractivity contribution is 7.92. The van der Waals surface area contributed by atoms with E-state index in [2.05, 4.69) is 10.9 Å². The Morgan fingerprint density at radius 1 is 1.18 bits per heavy atom. The number of nitrogens with one attached hydrogen (secondary N) is 2. The maximum atomic E-state index is 13.4. The number of rotatable bonds is 7.